The van der Waals surface area contributed by atoms with Crippen LogP contribution in [0.4, 0.5) is 0 Å². The Morgan fingerprint density at radius 1 is 1.56 bits per heavy atom. The Balaban J connectivity index is 3.01. The Hall–Kier alpha value is -1.06. The van der Waals surface area contributed by atoms with Crippen LogP contribution in [0.1, 0.15) is 30.4 Å². The second-order valence-corrected chi connectivity index (χ2v) is 4.48. The van der Waals surface area contributed by atoms with Gasteiger partial charge in [-0.2, -0.15) is 0 Å². The molecule has 0 aliphatic carbocycles. The molecule has 0 fully saturated rings. The molecule has 0 amide bonds. The smallest absolute Gasteiger partial charge is 0.304 e. The molecule has 88 valence electrons. The molecule has 0 aliphatic heterocycles. The van der Waals surface area contributed by atoms with E-state index in [9.17, 15) is 4.79 Å². The van der Waals surface area contributed by atoms with Crippen LogP contribution in [0.5, 0.6) is 0 Å². The fraction of sp³-hybridized carbons (Fsp3) is 0.417. The third kappa shape index (κ3) is 3.22. The van der Waals surface area contributed by atoms with E-state index in [0.29, 0.717) is 5.02 Å². The molecule has 0 radical (unpaired) electrons. The second kappa shape index (κ2) is 5.32. The highest BCUT2D eigenvalue weighted by Gasteiger charge is 2.20. The molecule has 0 saturated carbocycles. The number of rotatable bonds is 4. The van der Waals surface area contributed by atoms with Gasteiger partial charge in [-0.3, -0.25) is 4.79 Å². The maximum atomic E-state index is 10.8. The summed E-state index contributed by atoms with van der Waals surface area (Å²) in [6, 6.07) is 5.36. The summed E-state index contributed by atoms with van der Waals surface area (Å²) < 4.78 is 0. The predicted octanol–water partition coefficient (Wildman–Crippen LogP) is 2.55. The number of carboxylic acids is 1. The van der Waals surface area contributed by atoms with E-state index in [1.54, 1.807) is 13.0 Å². The van der Waals surface area contributed by atoms with E-state index in [1.807, 2.05) is 19.1 Å². The van der Waals surface area contributed by atoms with Gasteiger partial charge < -0.3 is 10.8 Å². The zero-order chi connectivity index (χ0) is 12.3. The van der Waals surface area contributed by atoms with Crippen molar-refractivity contribution in [2.24, 2.45) is 5.73 Å². The molecule has 1 aromatic rings. The van der Waals surface area contributed by atoms with Gasteiger partial charge in [-0.05, 0) is 31.0 Å². The van der Waals surface area contributed by atoms with Gasteiger partial charge in [0.15, 0.2) is 0 Å². The average molecular weight is 242 g/mol. The number of hydrogen-bond acceptors (Lipinski definition) is 2. The van der Waals surface area contributed by atoms with Crippen LogP contribution in [0.15, 0.2) is 18.2 Å². The summed E-state index contributed by atoms with van der Waals surface area (Å²) in [6.45, 7) is 3.71. The molecule has 2 atom stereocenters. The van der Waals surface area contributed by atoms with E-state index in [0.717, 1.165) is 11.1 Å². The van der Waals surface area contributed by atoms with Crippen molar-refractivity contribution in [1.82, 2.24) is 0 Å². The zero-order valence-corrected chi connectivity index (χ0v) is 10.2. The van der Waals surface area contributed by atoms with Gasteiger partial charge in [0, 0.05) is 17.0 Å². The largest absolute Gasteiger partial charge is 0.481 e. The summed E-state index contributed by atoms with van der Waals surface area (Å²) in [5.41, 5.74) is 7.66. The lowest BCUT2D eigenvalue weighted by Gasteiger charge is -2.19. The van der Waals surface area contributed by atoms with Gasteiger partial charge in [-0.25, -0.2) is 0 Å². The highest BCUT2D eigenvalue weighted by atomic mass is 35.5. The van der Waals surface area contributed by atoms with Gasteiger partial charge >= 0.3 is 5.97 Å². The first-order valence-electron chi connectivity index (χ1n) is 5.15. The van der Waals surface area contributed by atoms with Crippen molar-refractivity contribution in [2.45, 2.75) is 32.2 Å². The maximum absolute atomic E-state index is 10.8. The number of halogens is 1. The zero-order valence-electron chi connectivity index (χ0n) is 9.40. The first-order chi connectivity index (χ1) is 7.41. The SMILES string of the molecule is Cc1ccc(C(CC(=O)O)C(C)N)cc1Cl. The van der Waals surface area contributed by atoms with Gasteiger partial charge in [0.05, 0.1) is 6.42 Å². The average Bonchev–Trinajstić information content (AvgIpc) is 2.18. The molecule has 0 spiro atoms. The molecule has 3 N–H and O–H groups in total. The number of carboxylic acid groups (broad SMARTS) is 1. The van der Waals surface area contributed by atoms with Crippen LogP contribution in [0.3, 0.4) is 0 Å². The van der Waals surface area contributed by atoms with E-state index < -0.39 is 5.97 Å². The fourth-order valence-corrected chi connectivity index (χ4v) is 1.82. The minimum atomic E-state index is -0.848. The first-order valence-corrected chi connectivity index (χ1v) is 5.53. The van der Waals surface area contributed by atoms with Crippen molar-refractivity contribution in [1.29, 1.82) is 0 Å². The Bertz CT molecular complexity index is 391. The van der Waals surface area contributed by atoms with E-state index in [-0.39, 0.29) is 18.4 Å². The van der Waals surface area contributed by atoms with Gasteiger partial charge in [0.1, 0.15) is 0 Å². The van der Waals surface area contributed by atoms with Crippen molar-refractivity contribution in [3.8, 4) is 0 Å². The summed E-state index contributed by atoms with van der Waals surface area (Å²) in [5, 5.41) is 9.48. The van der Waals surface area contributed by atoms with Gasteiger partial charge in [-0.1, -0.05) is 23.7 Å². The highest BCUT2D eigenvalue weighted by molar-refractivity contribution is 6.31. The van der Waals surface area contributed by atoms with Gasteiger partial charge in [0.2, 0.25) is 0 Å². The molecular formula is C12H16ClNO2. The summed E-state index contributed by atoms with van der Waals surface area (Å²) >= 11 is 6.01. The number of aliphatic carboxylic acids is 1. The van der Waals surface area contributed by atoms with Crippen molar-refractivity contribution >= 4 is 17.6 Å². The van der Waals surface area contributed by atoms with Crippen LogP contribution in [0.2, 0.25) is 5.02 Å². The quantitative estimate of drug-likeness (QED) is 0.852. The summed E-state index contributed by atoms with van der Waals surface area (Å²) in [7, 11) is 0. The molecule has 0 saturated heterocycles. The number of nitrogens with two attached hydrogens (primary N) is 1. The molecule has 4 heteroatoms. The van der Waals surface area contributed by atoms with Crippen LogP contribution < -0.4 is 5.73 Å². The topological polar surface area (TPSA) is 63.3 Å². The minimum absolute atomic E-state index is 0.0249. The predicted molar refractivity (Wildman–Crippen MR) is 64.8 cm³/mol. The molecule has 3 nitrogen and oxygen atoms in total. The summed E-state index contributed by atoms with van der Waals surface area (Å²) in [6.07, 6.45) is 0.0249. The number of hydrogen-bond donors (Lipinski definition) is 2. The van der Waals surface area contributed by atoms with Crippen LogP contribution in [0, 0.1) is 6.92 Å². The Kier molecular flexibility index (Phi) is 4.33. The maximum Gasteiger partial charge on any atom is 0.304 e. The van der Waals surface area contributed by atoms with E-state index in [2.05, 4.69) is 0 Å². The van der Waals surface area contributed by atoms with Gasteiger partial charge in [0.25, 0.3) is 0 Å². The molecule has 0 heterocycles. The first kappa shape index (κ1) is 13.0. The second-order valence-electron chi connectivity index (χ2n) is 4.07. The van der Waals surface area contributed by atoms with E-state index in [1.165, 1.54) is 0 Å². The molecule has 0 aromatic heterocycles. The van der Waals surface area contributed by atoms with Crippen molar-refractivity contribution in [3.63, 3.8) is 0 Å². The Morgan fingerprint density at radius 3 is 2.62 bits per heavy atom. The van der Waals surface area contributed by atoms with Crippen molar-refractivity contribution in [3.05, 3.63) is 34.3 Å². The minimum Gasteiger partial charge on any atom is -0.481 e. The molecular weight excluding hydrogens is 226 g/mol. The number of carbonyl (C=O) groups is 1. The third-order valence-electron chi connectivity index (χ3n) is 2.65. The lowest BCUT2D eigenvalue weighted by molar-refractivity contribution is -0.137. The van der Waals surface area contributed by atoms with Crippen LogP contribution >= 0.6 is 11.6 Å². The molecule has 0 aliphatic rings. The van der Waals surface area contributed by atoms with Gasteiger partial charge in [-0.15, -0.1) is 0 Å². The number of benzene rings is 1. The molecule has 1 aromatic carbocycles. The van der Waals surface area contributed by atoms with Crippen LogP contribution in [0.25, 0.3) is 0 Å². The highest BCUT2D eigenvalue weighted by Crippen LogP contribution is 2.26. The van der Waals surface area contributed by atoms with Crippen molar-refractivity contribution in [2.75, 3.05) is 0 Å². The molecule has 16 heavy (non-hydrogen) atoms. The Labute approximate surface area is 100 Å². The van der Waals surface area contributed by atoms with E-state index in [4.69, 9.17) is 22.4 Å². The Morgan fingerprint density at radius 2 is 2.19 bits per heavy atom. The lowest BCUT2D eigenvalue weighted by atomic mass is 9.89. The normalized spacial score (nSPS) is 14.5. The van der Waals surface area contributed by atoms with E-state index >= 15 is 0 Å². The number of aryl methyl sites for hydroxylation is 1. The lowest BCUT2D eigenvalue weighted by Crippen LogP contribution is -2.26. The van der Waals surface area contributed by atoms with Crippen molar-refractivity contribution < 1.29 is 9.90 Å². The fourth-order valence-electron chi connectivity index (χ4n) is 1.64. The third-order valence-corrected chi connectivity index (χ3v) is 3.06. The molecule has 2 unspecified atom stereocenters. The molecule has 0 bridgehead atoms. The molecule has 1 rings (SSSR count). The van der Waals surface area contributed by atoms with Crippen LogP contribution in [-0.4, -0.2) is 17.1 Å². The van der Waals surface area contributed by atoms with Crippen LogP contribution in [-0.2, 0) is 4.79 Å². The standard InChI is InChI=1S/C12H16ClNO2/c1-7-3-4-9(5-11(7)13)10(8(2)14)6-12(15)16/h3-5,8,10H,6,14H2,1-2H3,(H,15,16). The monoisotopic (exact) mass is 241 g/mol. The summed E-state index contributed by atoms with van der Waals surface area (Å²) in [4.78, 5) is 10.8. The summed E-state index contributed by atoms with van der Waals surface area (Å²) in [5.74, 6) is -1.05.